The van der Waals surface area contributed by atoms with Crippen LogP contribution in [0.3, 0.4) is 0 Å². The summed E-state index contributed by atoms with van der Waals surface area (Å²) in [6, 6.07) is 15.5. The number of rotatable bonds is 4. The summed E-state index contributed by atoms with van der Waals surface area (Å²) in [5.41, 5.74) is 5.99. The van der Waals surface area contributed by atoms with Crippen LogP contribution in [-0.4, -0.2) is 16.5 Å². The number of hydrazine groups is 1. The Labute approximate surface area is 185 Å². The summed E-state index contributed by atoms with van der Waals surface area (Å²) in [7, 11) is 0. The van der Waals surface area contributed by atoms with E-state index in [0.29, 0.717) is 11.3 Å². The average Bonchev–Trinajstić information content (AvgIpc) is 2.73. The molecular formula is C24H25FN4O3. The molecule has 166 valence electrons. The van der Waals surface area contributed by atoms with Crippen molar-refractivity contribution >= 4 is 17.6 Å². The van der Waals surface area contributed by atoms with Gasteiger partial charge in [-0.1, -0.05) is 45.0 Å². The summed E-state index contributed by atoms with van der Waals surface area (Å²) in [5, 5.41) is 2.61. The molecule has 7 nitrogen and oxygen atoms in total. The lowest BCUT2D eigenvalue weighted by molar-refractivity contribution is 0.0936. The largest absolute Gasteiger partial charge is 0.337 e. The maximum absolute atomic E-state index is 13.4. The van der Waals surface area contributed by atoms with Crippen LogP contribution in [0.2, 0.25) is 0 Å². The molecule has 3 rings (SSSR count). The van der Waals surface area contributed by atoms with Crippen molar-refractivity contribution in [2.45, 2.75) is 32.7 Å². The van der Waals surface area contributed by atoms with E-state index in [2.05, 4.69) is 36.9 Å². The van der Waals surface area contributed by atoms with Crippen molar-refractivity contribution in [2.24, 2.45) is 0 Å². The summed E-state index contributed by atoms with van der Waals surface area (Å²) >= 11 is 0. The predicted octanol–water partition coefficient (Wildman–Crippen LogP) is 3.80. The number of aromatic nitrogens is 1. The van der Waals surface area contributed by atoms with Gasteiger partial charge in [0.25, 0.3) is 11.5 Å². The summed E-state index contributed by atoms with van der Waals surface area (Å²) in [6.07, 6.45) is 1.51. The van der Waals surface area contributed by atoms with Gasteiger partial charge in [0.1, 0.15) is 11.4 Å². The molecule has 0 unspecified atom stereocenters. The monoisotopic (exact) mass is 436 g/mol. The van der Waals surface area contributed by atoms with Gasteiger partial charge >= 0.3 is 6.03 Å². The van der Waals surface area contributed by atoms with Crippen LogP contribution in [0, 0.1) is 5.82 Å². The number of halogens is 1. The second-order valence-electron chi connectivity index (χ2n) is 8.35. The maximum atomic E-state index is 13.4. The number of amides is 3. The van der Waals surface area contributed by atoms with E-state index in [4.69, 9.17) is 0 Å². The minimum absolute atomic E-state index is 0.00791. The number of hydrogen-bond acceptors (Lipinski definition) is 3. The number of pyridine rings is 1. The average molecular weight is 436 g/mol. The van der Waals surface area contributed by atoms with Gasteiger partial charge in [-0.15, -0.1) is 0 Å². The third kappa shape index (κ3) is 5.81. The topological polar surface area (TPSA) is 92.2 Å². The summed E-state index contributed by atoms with van der Waals surface area (Å²) in [4.78, 5) is 37.1. The molecule has 1 heterocycles. The first-order chi connectivity index (χ1) is 15.1. The normalized spacial score (nSPS) is 11.0. The van der Waals surface area contributed by atoms with Crippen LogP contribution in [0.25, 0.3) is 0 Å². The first-order valence-corrected chi connectivity index (χ1v) is 10.1. The van der Waals surface area contributed by atoms with Gasteiger partial charge in [0, 0.05) is 11.9 Å². The first kappa shape index (κ1) is 22.7. The highest BCUT2D eigenvalue weighted by atomic mass is 19.1. The van der Waals surface area contributed by atoms with E-state index in [9.17, 15) is 18.8 Å². The Morgan fingerprint density at radius 2 is 1.69 bits per heavy atom. The fourth-order valence-corrected chi connectivity index (χ4v) is 3.06. The highest BCUT2D eigenvalue weighted by Crippen LogP contribution is 2.23. The van der Waals surface area contributed by atoms with E-state index in [1.165, 1.54) is 35.0 Å². The molecule has 0 aliphatic rings. The van der Waals surface area contributed by atoms with E-state index in [1.54, 1.807) is 24.3 Å². The Hall–Kier alpha value is -3.94. The predicted molar refractivity (Wildman–Crippen MR) is 121 cm³/mol. The molecule has 32 heavy (non-hydrogen) atoms. The van der Waals surface area contributed by atoms with Crippen LogP contribution in [0.5, 0.6) is 0 Å². The molecule has 0 bridgehead atoms. The second kappa shape index (κ2) is 9.47. The summed E-state index contributed by atoms with van der Waals surface area (Å²) in [6.45, 7) is 6.38. The van der Waals surface area contributed by atoms with Crippen molar-refractivity contribution in [3.05, 3.63) is 99.7 Å². The lowest BCUT2D eigenvalue weighted by Gasteiger charge is -2.19. The van der Waals surface area contributed by atoms with Gasteiger partial charge < -0.3 is 9.88 Å². The standard InChI is InChI=1S/C24H25FN4O3/c1-24(2,3)17-9-11-19(12-10-17)26-23(32)28-27-21(30)20-8-5-13-29(22(20)31)15-16-6-4-7-18(25)14-16/h4-14H,15H2,1-3H3,(H,27,30)(H2,26,28,32). The van der Waals surface area contributed by atoms with Gasteiger partial charge in [0.2, 0.25) is 0 Å². The third-order valence-corrected chi connectivity index (χ3v) is 4.81. The number of urea groups is 1. The number of benzene rings is 2. The van der Waals surface area contributed by atoms with Crippen LogP contribution >= 0.6 is 0 Å². The molecule has 0 saturated heterocycles. The molecule has 3 amide bonds. The number of hydrogen-bond donors (Lipinski definition) is 3. The molecule has 3 N–H and O–H groups in total. The van der Waals surface area contributed by atoms with Gasteiger partial charge in [-0.2, -0.15) is 0 Å². The van der Waals surface area contributed by atoms with Crippen LogP contribution in [0.1, 0.15) is 42.3 Å². The zero-order valence-corrected chi connectivity index (χ0v) is 18.1. The minimum Gasteiger partial charge on any atom is -0.310 e. The zero-order chi connectivity index (χ0) is 23.3. The van der Waals surface area contributed by atoms with Crippen molar-refractivity contribution in [3.63, 3.8) is 0 Å². The van der Waals surface area contributed by atoms with Crippen LogP contribution in [-0.2, 0) is 12.0 Å². The van der Waals surface area contributed by atoms with Gasteiger partial charge in [-0.3, -0.25) is 15.0 Å². The van der Waals surface area contributed by atoms with Crippen molar-refractivity contribution in [2.75, 3.05) is 5.32 Å². The molecule has 0 fully saturated rings. The smallest absolute Gasteiger partial charge is 0.310 e. The SMILES string of the molecule is CC(C)(C)c1ccc(NC(=O)NNC(=O)c2cccn(Cc3cccc(F)c3)c2=O)cc1. The second-order valence-corrected chi connectivity index (χ2v) is 8.35. The van der Waals surface area contributed by atoms with Crippen LogP contribution in [0.4, 0.5) is 14.9 Å². The summed E-state index contributed by atoms with van der Waals surface area (Å²) in [5.74, 6) is -1.17. The van der Waals surface area contributed by atoms with Crippen LogP contribution < -0.4 is 21.7 Å². The Morgan fingerprint density at radius 1 is 0.969 bits per heavy atom. The summed E-state index contributed by atoms with van der Waals surface area (Å²) < 4.78 is 14.7. The fourth-order valence-electron chi connectivity index (χ4n) is 3.06. The van der Waals surface area contributed by atoms with Crippen molar-refractivity contribution in [1.82, 2.24) is 15.4 Å². The zero-order valence-electron chi connectivity index (χ0n) is 18.1. The molecule has 0 atom stereocenters. The van der Waals surface area contributed by atoms with Crippen molar-refractivity contribution in [3.8, 4) is 0 Å². The molecule has 0 saturated carbocycles. The molecule has 0 aliphatic heterocycles. The van der Waals surface area contributed by atoms with E-state index in [-0.39, 0.29) is 17.5 Å². The Morgan fingerprint density at radius 3 is 2.34 bits per heavy atom. The number of nitrogens with zero attached hydrogens (tertiary/aromatic N) is 1. The van der Waals surface area contributed by atoms with Crippen LogP contribution in [0.15, 0.2) is 71.7 Å². The van der Waals surface area contributed by atoms with E-state index < -0.39 is 23.3 Å². The Kier molecular flexibility index (Phi) is 6.73. The van der Waals surface area contributed by atoms with Gasteiger partial charge in [0.15, 0.2) is 0 Å². The first-order valence-electron chi connectivity index (χ1n) is 10.1. The molecule has 1 aromatic heterocycles. The molecule has 3 aromatic rings. The molecular weight excluding hydrogens is 411 g/mol. The minimum atomic E-state index is -0.762. The number of nitrogens with one attached hydrogen (secondary N) is 3. The highest BCUT2D eigenvalue weighted by Gasteiger charge is 2.15. The van der Waals surface area contributed by atoms with Gasteiger partial charge in [0.05, 0.1) is 6.54 Å². The third-order valence-electron chi connectivity index (χ3n) is 4.81. The van der Waals surface area contributed by atoms with Crippen molar-refractivity contribution < 1.29 is 14.0 Å². The maximum Gasteiger partial charge on any atom is 0.337 e. The molecule has 0 aliphatic carbocycles. The van der Waals surface area contributed by atoms with Crippen molar-refractivity contribution in [1.29, 1.82) is 0 Å². The number of carbonyl (C=O) groups is 2. The lowest BCUT2D eigenvalue weighted by Crippen LogP contribution is -2.45. The van der Waals surface area contributed by atoms with E-state index in [0.717, 1.165) is 5.56 Å². The highest BCUT2D eigenvalue weighted by molar-refractivity contribution is 5.96. The number of anilines is 1. The van der Waals surface area contributed by atoms with Gasteiger partial charge in [-0.05, 0) is 52.9 Å². The fraction of sp³-hybridized carbons (Fsp3) is 0.208. The van der Waals surface area contributed by atoms with E-state index >= 15 is 0 Å². The Balaban J connectivity index is 1.61. The molecule has 0 radical (unpaired) electrons. The molecule has 8 heteroatoms. The van der Waals surface area contributed by atoms with E-state index in [1.807, 2.05) is 12.1 Å². The Bertz CT molecular complexity index is 1180. The molecule has 2 aromatic carbocycles. The number of carbonyl (C=O) groups excluding carboxylic acids is 2. The molecule has 0 spiro atoms. The quantitative estimate of drug-likeness (QED) is 0.543. The van der Waals surface area contributed by atoms with Gasteiger partial charge in [-0.25, -0.2) is 14.6 Å². The lowest BCUT2D eigenvalue weighted by atomic mass is 9.87.